The number of aliphatic hydroxyl groups excluding tert-OH is 1. The Labute approximate surface area is 139 Å². The minimum absolute atomic E-state index is 0.184. The lowest BCUT2D eigenvalue weighted by Crippen LogP contribution is -2.01. The molecule has 2 rings (SSSR count). The molecule has 0 bridgehead atoms. The molecule has 4 nitrogen and oxygen atoms in total. The van der Waals surface area contributed by atoms with Crippen LogP contribution in [-0.4, -0.2) is 19.9 Å². The van der Waals surface area contributed by atoms with E-state index in [0.717, 1.165) is 17.6 Å². The van der Waals surface area contributed by atoms with E-state index in [4.69, 9.17) is 11.6 Å². The lowest BCUT2D eigenvalue weighted by Gasteiger charge is -2.06. The summed E-state index contributed by atoms with van der Waals surface area (Å²) in [6.07, 6.45) is 7.64. The number of aliphatic hydroxyl groups is 1. The van der Waals surface area contributed by atoms with Crippen LogP contribution < -0.4 is 0 Å². The second kappa shape index (κ2) is 7.53. The Balaban J connectivity index is 2.61. The number of pyridine rings is 1. The summed E-state index contributed by atoms with van der Waals surface area (Å²) in [5.41, 5.74) is 3.33. The quantitative estimate of drug-likeness (QED) is 0.660. The molecule has 0 atom stereocenters. The van der Waals surface area contributed by atoms with Crippen LogP contribution in [0.1, 0.15) is 37.1 Å². The molecule has 2 aromatic rings. The van der Waals surface area contributed by atoms with Crippen molar-refractivity contribution in [3.05, 3.63) is 58.4 Å². The molecule has 2 aromatic heterocycles. The van der Waals surface area contributed by atoms with Gasteiger partial charge in [0.25, 0.3) is 0 Å². The Morgan fingerprint density at radius 1 is 1.48 bits per heavy atom. The molecule has 0 amide bonds. The van der Waals surface area contributed by atoms with Gasteiger partial charge in [-0.05, 0) is 25.8 Å². The first-order valence-electron chi connectivity index (χ1n) is 7.36. The summed E-state index contributed by atoms with van der Waals surface area (Å²) in [6, 6.07) is 1.31. The predicted molar refractivity (Wildman–Crippen MR) is 89.9 cm³/mol. The van der Waals surface area contributed by atoms with Crippen LogP contribution in [0.3, 0.4) is 0 Å². The second-order valence-corrected chi connectivity index (χ2v) is 5.47. The van der Waals surface area contributed by atoms with E-state index in [1.54, 1.807) is 17.0 Å². The van der Waals surface area contributed by atoms with Crippen molar-refractivity contribution in [2.24, 2.45) is 0 Å². The first-order chi connectivity index (χ1) is 11.0. The van der Waals surface area contributed by atoms with Gasteiger partial charge in [-0.15, -0.1) is 0 Å². The van der Waals surface area contributed by atoms with Crippen LogP contribution in [0.15, 0.2) is 35.6 Å². The Kier molecular flexibility index (Phi) is 5.69. The molecule has 0 aromatic carbocycles. The molecule has 0 saturated heterocycles. The molecule has 0 spiro atoms. The highest BCUT2D eigenvalue weighted by Gasteiger charge is 2.17. The van der Waals surface area contributed by atoms with Crippen molar-refractivity contribution < 1.29 is 9.50 Å². The van der Waals surface area contributed by atoms with E-state index < -0.39 is 5.95 Å². The third-order valence-electron chi connectivity index (χ3n) is 3.42. The van der Waals surface area contributed by atoms with E-state index in [-0.39, 0.29) is 6.61 Å². The zero-order valence-corrected chi connectivity index (χ0v) is 14.1. The van der Waals surface area contributed by atoms with Crippen molar-refractivity contribution in [3.63, 3.8) is 0 Å². The average molecular weight is 336 g/mol. The number of aromatic nitrogens is 3. The molecule has 1 N–H and O–H groups in total. The maximum absolute atomic E-state index is 13.4. The zero-order chi connectivity index (χ0) is 17.0. The van der Waals surface area contributed by atoms with Gasteiger partial charge >= 0.3 is 0 Å². The molecule has 23 heavy (non-hydrogen) atoms. The fourth-order valence-corrected chi connectivity index (χ4v) is 2.44. The Morgan fingerprint density at radius 3 is 2.83 bits per heavy atom. The first-order valence-corrected chi connectivity index (χ1v) is 7.74. The number of aryl methyl sites for hydroxylation is 1. The standard InChI is InChI=1S/C17H19ClFN3O/c1-4-6-13(14(18)5-2)17-12(10-23)9-22(21-17)15-7-16(19)20-8-11(15)3/h5-9,23H,4,10H2,1-3H3. The van der Waals surface area contributed by atoms with Crippen LogP contribution in [0.2, 0.25) is 0 Å². The normalized spacial score (nSPS) is 12.8. The van der Waals surface area contributed by atoms with Crippen LogP contribution in [-0.2, 0) is 6.61 Å². The van der Waals surface area contributed by atoms with Crippen molar-refractivity contribution >= 4 is 17.2 Å². The maximum atomic E-state index is 13.4. The molecular formula is C17H19ClFN3O. The van der Waals surface area contributed by atoms with Crippen molar-refractivity contribution in [2.75, 3.05) is 0 Å². The molecule has 2 heterocycles. The van der Waals surface area contributed by atoms with Crippen molar-refractivity contribution in [1.29, 1.82) is 0 Å². The van der Waals surface area contributed by atoms with E-state index in [1.165, 1.54) is 12.3 Å². The number of rotatable bonds is 5. The molecule has 0 saturated carbocycles. The first kappa shape index (κ1) is 17.4. The minimum Gasteiger partial charge on any atom is -0.392 e. The number of nitrogens with zero attached hydrogens (tertiary/aromatic N) is 3. The van der Waals surface area contributed by atoms with Crippen LogP contribution >= 0.6 is 11.6 Å². The molecule has 6 heteroatoms. The lowest BCUT2D eigenvalue weighted by molar-refractivity contribution is 0.281. The van der Waals surface area contributed by atoms with Crippen LogP contribution in [0.4, 0.5) is 4.39 Å². The molecule has 0 aliphatic carbocycles. The monoisotopic (exact) mass is 335 g/mol. The third-order valence-corrected chi connectivity index (χ3v) is 3.84. The summed E-state index contributed by atoms with van der Waals surface area (Å²) in [6.45, 7) is 5.47. The number of hydrogen-bond donors (Lipinski definition) is 1. The van der Waals surface area contributed by atoms with Gasteiger partial charge in [-0.3, -0.25) is 0 Å². The summed E-state index contributed by atoms with van der Waals surface area (Å²) in [5.74, 6) is -0.580. The number of allylic oxidation sites excluding steroid dienone is 4. The van der Waals surface area contributed by atoms with E-state index >= 15 is 0 Å². The fraction of sp³-hybridized carbons (Fsp3) is 0.294. The van der Waals surface area contributed by atoms with E-state index in [0.29, 0.717) is 22.0 Å². The Morgan fingerprint density at radius 2 is 2.22 bits per heavy atom. The molecule has 0 unspecified atom stereocenters. The Hall–Kier alpha value is -1.98. The average Bonchev–Trinajstić information content (AvgIpc) is 2.97. The summed E-state index contributed by atoms with van der Waals surface area (Å²) in [7, 11) is 0. The summed E-state index contributed by atoms with van der Waals surface area (Å²) >= 11 is 6.28. The zero-order valence-electron chi connectivity index (χ0n) is 13.3. The van der Waals surface area contributed by atoms with Crippen LogP contribution in [0.5, 0.6) is 0 Å². The predicted octanol–water partition coefficient (Wildman–Crippen LogP) is 4.14. The minimum atomic E-state index is -0.580. The van der Waals surface area contributed by atoms with Gasteiger partial charge in [0.1, 0.15) is 0 Å². The van der Waals surface area contributed by atoms with Crippen molar-refractivity contribution in [2.45, 2.75) is 33.8 Å². The van der Waals surface area contributed by atoms with Gasteiger partial charge < -0.3 is 5.11 Å². The van der Waals surface area contributed by atoms with Gasteiger partial charge in [0.15, 0.2) is 0 Å². The Bertz CT molecular complexity index is 765. The van der Waals surface area contributed by atoms with Gasteiger partial charge in [0, 0.05) is 34.6 Å². The molecule has 122 valence electrons. The summed E-state index contributed by atoms with van der Waals surface area (Å²) in [5, 5.41) is 14.7. The largest absolute Gasteiger partial charge is 0.392 e. The topological polar surface area (TPSA) is 50.9 Å². The molecule has 0 radical (unpaired) electrons. The second-order valence-electron chi connectivity index (χ2n) is 5.06. The number of halogens is 2. The third kappa shape index (κ3) is 3.68. The van der Waals surface area contributed by atoms with Gasteiger partial charge in [-0.25, -0.2) is 9.67 Å². The van der Waals surface area contributed by atoms with Crippen LogP contribution in [0.25, 0.3) is 11.3 Å². The van der Waals surface area contributed by atoms with Gasteiger partial charge in [0.2, 0.25) is 5.95 Å². The lowest BCUT2D eigenvalue weighted by atomic mass is 10.1. The number of hydrogen-bond acceptors (Lipinski definition) is 3. The molecular weight excluding hydrogens is 317 g/mol. The van der Waals surface area contributed by atoms with Crippen LogP contribution in [0, 0.1) is 12.9 Å². The fourth-order valence-electron chi connectivity index (χ4n) is 2.28. The van der Waals surface area contributed by atoms with Gasteiger partial charge in [-0.2, -0.15) is 9.49 Å². The van der Waals surface area contributed by atoms with E-state index in [9.17, 15) is 9.50 Å². The molecule has 0 fully saturated rings. The summed E-state index contributed by atoms with van der Waals surface area (Å²) in [4.78, 5) is 3.62. The smallest absolute Gasteiger partial charge is 0.214 e. The van der Waals surface area contributed by atoms with Crippen molar-refractivity contribution in [1.82, 2.24) is 14.8 Å². The van der Waals surface area contributed by atoms with E-state index in [1.807, 2.05) is 26.8 Å². The van der Waals surface area contributed by atoms with Crippen molar-refractivity contribution in [3.8, 4) is 5.69 Å². The highest BCUT2D eigenvalue weighted by Crippen LogP contribution is 2.29. The van der Waals surface area contributed by atoms with Gasteiger partial charge in [0.05, 0.1) is 18.0 Å². The van der Waals surface area contributed by atoms with Gasteiger partial charge in [-0.1, -0.05) is 30.7 Å². The highest BCUT2D eigenvalue weighted by atomic mass is 35.5. The van der Waals surface area contributed by atoms with E-state index in [2.05, 4.69) is 10.1 Å². The molecule has 0 aliphatic rings. The maximum Gasteiger partial charge on any atom is 0.214 e. The molecule has 0 aliphatic heterocycles. The SMILES string of the molecule is CC=C(Cl)C(=CCC)c1nn(-c2cc(F)ncc2C)cc1CO. The summed E-state index contributed by atoms with van der Waals surface area (Å²) < 4.78 is 15.0. The highest BCUT2D eigenvalue weighted by molar-refractivity contribution is 6.36.